The minimum absolute atomic E-state index is 0.0118. The lowest BCUT2D eigenvalue weighted by atomic mass is 10.1. The second-order valence-electron chi connectivity index (χ2n) is 5.86. The number of carbonyl (C=O) groups excluding carboxylic acids is 2. The number of amides is 2. The number of hydrogen-bond acceptors (Lipinski definition) is 5. The summed E-state index contributed by atoms with van der Waals surface area (Å²) in [4.78, 5) is 24.2. The van der Waals surface area contributed by atoms with Crippen molar-refractivity contribution in [3.05, 3.63) is 33.9 Å². The molecule has 1 aliphatic rings. The van der Waals surface area contributed by atoms with Crippen molar-refractivity contribution in [2.45, 2.75) is 12.8 Å². The first kappa shape index (κ1) is 18.1. The van der Waals surface area contributed by atoms with Crippen LogP contribution < -0.4 is 10.9 Å². The van der Waals surface area contributed by atoms with E-state index < -0.39 is 27.5 Å². The highest BCUT2D eigenvalue weighted by molar-refractivity contribution is 7.91. The van der Waals surface area contributed by atoms with Gasteiger partial charge in [0.05, 0.1) is 16.5 Å². The molecule has 2 amide bonds. The van der Waals surface area contributed by atoms with Gasteiger partial charge in [0.1, 0.15) is 10.7 Å². The Bertz CT molecular complexity index is 958. The summed E-state index contributed by atoms with van der Waals surface area (Å²) in [6.45, 7) is 0. The summed E-state index contributed by atoms with van der Waals surface area (Å²) in [5, 5.41) is 0.745. The average molecular weight is 405 g/mol. The number of rotatable bonds is 3. The van der Waals surface area contributed by atoms with Crippen LogP contribution in [0.5, 0.6) is 0 Å². The molecule has 1 aromatic carbocycles. The largest absolute Gasteiger partial charge is 0.281 e. The van der Waals surface area contributed by atoms with Gasteiger partial charge >= 0.3 is 0 Å². The van der Waals surface area contributed by atoms with Crippen molar-refractivity contribution in [1.82, 2.24) is 10.9 Å². The Balaban J connectivity index is 1.61. The number of sulfone groups is 1. The highest BCUT2D eigenvalue weighted by Crippen LogP contribution is 2.35. The van der Waals surface area contributed by atoms with Gasteiger partial charge in [-0.25, -0.2) is 12.8 Å². The Morgan fingerprint density at radius 2 is 2.08 bits per heavy atom. The summed E-state index contributed by atoms with van der Waals surface area (Å²) >= 11 is 7.15. The lowest BCUT2D eigenvalue weighted by Crippen LogP contribution is -2.42. The highest BCUT2D eigenvalue weighted by Gasteiger charge is 2.29. The Morgan fingerprint density at radius 1 is 1.32 bits per heavy atom. The highest BCUT2D eigenvalue weighted by atomic mass is 35.5. The zero-order chi connectivity index (χ0) is 18.2. The molecule has 0 aliphatic carbocycles. The van der Waals surface area contributed by atoms with Gasteiger partial charge in [-0.2, -0.15) is 0 Å². The van der Waals surface area contributed by atoms with Crippen LogP contribution >= 0.6 is 22.9 Å². The van der Waals surface area contributed by atoms with Crippen molar-refractivity contribution < 1.29 is 22.4 Å². The van der Waals surface area contributed by atoms with Gasteiger partial charge in [0.15, 0.2) is 9.84 Å². The normalized spacial score (nSPS) is 19.0. The van der Waals surface area contributed by atoms with Crippen molar-refractivity contribution in [2.24, 2.45) is 5.92 Å². The summed E-state index contributed by atoms with van der Waals surface area (Å²) in [7, 11) is -3.05. The third kappa shape index (κ3) is 4.10. The van der Waals surface area contributed by atoms with Crippen molar-refractivity contribution in [3.8, 4) is 0 Å². The fraction of sp³-hybridized carbons (Fsp3) is 0.333. The van der Waals surface area contributed by atoms with E-state index in [1.54, 1.807) is 0 Å². The van der Waals surface area contributed by atoms with Crippen molar-refractivity contribution >= 4 is 54.7 Å². The molecule has 0 saturated carbocycles. The molecule has 2 aromatic rings. The molecule has 0 bridgehead atoms. The first-order valence-corrected chi connectivity index (χ1v) is 10.4. The lowest BCUT2D eigenvalue weighted by molar-refractivity contribution is -0.122. The Morgan fingerprint density at radius 3 is 2.76 bits per heavy atom. The van der Waals surface area contributed by atoms with Crippen molar-refractivity contribution in [3.63, 3.8) is 0 Å². The number of hydrogen-bond donors (Lipinski definition) is 2. The van der Waals surface area contributed by atoms with Crippen LogP contribution in [0, 0.1) is 11.7 Å². The van der Waals surface area contributed by atoms with E-state index >= 15 is 0 Å². The molecule has 2 N–H and O–H groups in total. The number of nitrogens with one attached hydrogen (secondary N) is 2. The lowest BCUT2D eigenvalue weighted by Gasteiger charge is -2.09. The third-order valence-corrected chi connectivity index (χ3v) is 7.41. The molecule has 1 aromatic heterocycles. The van der Waals surface area contributed by atoms with E-state index in [4.69, 9.17) is 11.6 Å². The van der Waals surface area contributed by atoms with E-state index in [1.807, 2.05) is 0 Å². The summed E-state index contributed by atoms with van der Waals surface area (Å²) in [6, 6.07) is 4.02. The van der Waals surface area contributed by atoms with Gasteiger partial charge in [-0.05, 0) is 30.5 Å². The van der Waals surface area contributed by atoms with Gasteiger partial charge in [0.25, 0.3) is 5.91 Å². The maximum atomic E-state index is 13.2. The molecular formula is C15H14ClFN2O4S2. The SMILES string of the molecule is O=C(C[C@H]1CCS(=O)(=O)C1)NNC(=O)c1sc2cc(F)ccc2c1Cl. The molecule has 1 fully saturated rings. The molecule has 1 atom stereocenters. The summed E-state index contributed by atoms with van der Waals surface area (Å²) in [5.74, 6) is -1.68. The average Bonchev–Trinajstić information content (AvgIpc) is 3.04. The predicted octanol–water partition coefficient (Wildman–Crippen LogP) is 2.28. The van der Waals surface area contributed by atoms with Gasteiger partial charge in [-0.1, -0.05) is 11.6 Å². The summed E-state index contributed by atoms with van der Waals surface area (Å²) in [6.07, 6.45) is 0.461. The van der Waals surface area contributed by atoms with Crippen molar-refractivity contribution in [2.75, 3.05) is 11.5 Å². The summed E-state index contributed by atoms with van der Waals surface area (Å²) < 4.78 is 36.5. The second-order valence-corrected chi connectivity index (χ2v) is 9.52. The molecular weight excluding hydrogens is 391 g/mol. The first-order valence-electron chi connectivity index (χ1n) is 7.42. The van der Waals surface area contributed by atoms with Crippen LogP contribution in [0.25, 0.3) is 10.1 Å². The van der Waals surface area contributed by atoms with E-state index in [1.165, 1.54) is 18.2 Å². The number of hydrazine groups is 1. The second kappa shape index (κ2) is 6.89. The minimum atomic E-state index is -3.05. The summed E-state index contributed by atoms with van der Waals surface area (Å²) in [5.41, 5.74) is 4.51. The standard InChI is InChI=1S/C15H14ClFN2O4S2/c16-13-10-2-1-9(17)6-11(10)24-14(13)15(21)19-18-12(20)5-8-3-4-25(22,23)7-8/h1-2,6,8H,3-5,7H2,(H,18,20)(H,19,21)/t8-/m1/s1. The molecule has 1 aliphatic heterocycles. The number of halogens is 2. The van der Waals surface area contributed by atoms with Crippen LogP contribution in [0.15, 0.2) is 18.2 Å². The zero-order valence-corrected chi connectivity index (χ0v) is 15.2. The predicted molar refractivity (Wildman–Crippen MR) is 93.8 cm³/mol. The van der Waals surface area contributed by atoms with Gasteiger partial charge in [0, 0.05) is 16.5 Å². The first-order chi connectivity index (χ1) is 11.7. The molecule has 0 spiro atoms. The van der Waals surface area contributed by atoms with Crippen LogP contribution in [0.4, 0.5) is 4.39 Å². The molecule has 6 nitrogen and oxygen atoms in total. The number of carbonyl (C=O) groups is 2. The Labute approximate surface area is 152 Å². The van der Waals surface area contributed by atoms with Gasteiger partial charge in [-0.15, -0.1) is 11.3 Å². The molecule has 10 heteroatoms. The maximum absolute atomic E-state index is 13.2. The van der Waals surface area contributed by atoms with Crippen LogP contribution in [-0.4, -0.2) is 31.7 Å². The smallest absolute Gasteiger partial charge is 0.273 e. The van der Waals surface area contributed by atoms with Crippen LogP contribution in [0.1, 0.15) is 22.5 Å². The van der Waals surface area contributed by atoms with E-state index in [-0.39, 0.29) is 33.7 Å². The third-order valence-electron chi connectivity index (χ3n) is 3.91. The van der Waals surface area contributed by atoms with Gasteiger partial charge in [0.2, 0.25) is 5.91 Å². The quantitative estimate of drug-likeness (QED) is 0.767. The molecule has 1 saturated heterocycles. The molecule has 3 rings (SSSR count). The van der Waals surface area contributed by atoms with Crippen LogP contribution in [0.2, 0.25) is 5.02 Å². The van der Waals surface area contributed by atoms with E-state index in [0.717, 1.165) is 11.3 Å². The Kier molecular flexibility index (Phi) is 4.99. The fourth-order valence-electron chi connectivity index (χ4n) is 2.71. The molecule has 25 heavy (non-hydrogen) atoms. The fourth-order valence-corrected chi connectivity index (χ4v) is 6.01. The molecule has 0 unspecified atom stereocenters. The van der Waals surface area contributed by atoms with Crippen molar-refractivity contribution in [1.29, 1.82) is 0 Å². The van der Waals surface area contributed by atoms with Gasteiger partial charge < -0.3 is 0 Å². The van der Waals surface area contributed by atoms with E-state index in [9.17, 15) is 22.4 Å². The Hall–Kier alpha value is -1.71. The van der Waals surface area contributed by atoms with Crippen LogP contribution in [-0.2, 0) is 14.6 Å². The minimum Gasteiger partial charge on any atom is -0.273 e. The maximum Gasteiger partial charge on any atom is 0.281 e. The number of thiophene rings is 1. The number of fused-ring (bicyclic) bond motifs is 1. The van der Waals surface area contributed by atoms with E-state index in [2.05, 4.69) is 10.9 Å². The zero-order valence-electron chi connectivity index (χ0n) is 12.8. The molecule has 0 radical (unpaired) electrons. The molecule has 134 valence electrons. The number of benzene rings is 1. The van der Waals surface area contributed by atoms with E-state index in [0.29, 0.717) is 16.5 Å². The topological polar surface area (TPSA) is 92.3 Å². The molecule has 2 heterocycles. The van der Waals surface area contributed by atoms with Gasteiger partial charge in [-0.3, -0.25) is 20.4 Å². The monoisotopic (exact) mass is 404 g/mol. The van der Waals surface area contributed by atoms with Crippen LogP contribution in [0.3, 0.4) is 0 Å².